The van der Waals surface area contributed by atoms with E-state index in [4.69, 9.17) is 4.74 Å². The topological polar surface area (TPSA) is 9.23 Å². The van der Waals surface area contributed by atoms with Crippen molar-refractivity contribution in [3.8, 4) is 5.75 Å². The number of rotatable bonds is 4. The molecule has 120 valence electrons. The van der Waals surface area contributed by atoms with Gasteiger partial charge in [0.15, 0.2) is 0 Å². The Hall–Kier alpha value is -1.26. The number of hydrogen-bond acceptors (Lipinski definition) is 1. The number of hydrogen-bond donors (Lipinski definition) is 0. The summed E-state index contributed by atoms with van der Waals surface area (Å²) in [4.78, 5) is 0. The molecule has 1 aromatic carbocycles. The van der Waals surface area contributed by atoms with Gasteiger partial charge in [0.05, 0.1) is 12.0 Å². The maximum atomic E-state index is 13.4. The largest absolute Gasteiger partial charge is 0.493 e. The molecule has 0 aliphatic carbocycles. The molecule has 0 aromatic heterocycles. The van der Waals surface area contributed by atoms with Gasteiger partial charge in [-0.05, 0) is 43.9 Å². The van der Waals surface area contributed by atoms with Gasteiger partial charge in [0.25, 0.3) is 0 Å². The van der Waals surface area contributed by atoms with Gasteiger partial charge in [-0.2, -0.15) is 13.2 Å². The quantitative estimate of drug-likeness (QED) is 0.669. The maximum absolute atomic E-state index is 13.4. The molecule has 0 bridgehead atoms. The first-order valence-electron chi connectivity index (χ1n) is 6.84. The van der Waals surface area contributed by atoms with E-state index in [2.05, 4.69) is 0 Å². The second-order valence-electron chi connectivity index (χ2n) is 6.92. The zero-order valence-corrected chi connectivity index (χ0v) is 13.1. The highest BCUT2D eigenvalue weighted by atomic mass is 19.4. The Kier molecular flexibility index (Phi) is 4.96. The van der Waals surface area contributed by atoms with Crippen LogP contribution in [0.5, 0.6) is 5.75 Å². The Balaban J connectivity index is 3.06. The third kappa shape index (κ3) is 4.61. The molecule has 0 atom stereocenters. The number of benzene rings is 1. The van der Waals surface area contributed by atoms with Crippen LogP contribution in [0.25, 0.3) is 0 Å². The molecule has 0 heterocycles. The summed E-state index contributed by atoms with van der Waals surface area (Å²) in [6.45, 7) is 8.39. The van der Waals surface area contributed by atoms with Crippen molar-refractivity contribution in [2.24, 2.45) is 5.41 Å². The SMILES string of the molecule is CC(C)(C)CCOc1ccc(F)cc1C(C)(C)C(F)(F)F. The van der Waals surface area contributed by atoms with Crippen LogP contribution in [0.15, 0.2) is 18.2 Å². The normalized spacial score (nSPS) is 13.4. The fraction of sp³-hybridized carbons (Fsp3) is 0.625. The summed E-state index contributed by atoms with van der Waals surface area (Å²) in [6, 6.07) is 3.28. The Labute approximate surface area is 123 Å². The molecule has 0 spiro atoms. The summed E-state index contributed by atoms with van der Waals surface area (Å²) in [5.41, 5.74) is -2.34. The van der Waals surface area contributed by atoms with Crippen LogP contribution in [-0.2, 0) is 5.41 Å². The zero-order valence-electron chi connectivity index (χ0n) is 13.1. The molecule has 1 aromatic rings. The minimum absolute atomic E-state index is 0.0136. The van der Waals surface area contributed by atoms with Crippen LogP contribution in [0.4, 0.5) is 17.6 Å². The van der Waals surface area contributed by atoms with Gasteiger partial charge in [-0.1, -0.05) is 20.8 Å². The molecule has 0 saturated heterocycles. The molecule has 21 heavy (non-hydrogen) atoms. The van der Waals surface area contributed by atoms with Crippen molar-refractivity contribution >= 4 is 0 Å². The molecule has 0 unspecified atom stereocenters. The van der Waals surface area contributed by atoms with Crippen LogP contribution in [0.2, 0.25) is 0 Å². The lowest BCUT2D eigenvalue weighted by molar-refractivity contribution is -0.180. The summed E-state index contributed by atoms with van der Waals surface area (Å²) in [7, 11) is 0. The van der Waals surface area contributed by atoms with Crippen LogP contribution in [0.1, 0.15) is 46.6 Å². The lowest BCUT2D eigenvalue weighted by atomic mass is 9.83. The average Bonchev–Trinajstić information content (AvgIpc) is 2.27. The highest BCUT2D eigenvalue weighted by Gasteiger charge is 2.50. The molecular formula is C16H22F4O. The van der Waals surface area contributed by atoms with Crippen LogP contribution in [0, 0.1) is 11.2 Å². The first kappa shape index (κ1) is 17.8. The first-order valence-corrected chi connectivity index (χ1v) is 6.84. The summed E-state index contributed by atoms with van der Waals surface area (Å²) in [6.07, 6.45) is -3.79. The second-order valence-corrected chi connectivity index (χ2v) is 6.92. The standard InChI is InChI=1S/C16H22F4O/c1-14(2,3)8-9-21-13-7-6-11(17)10-12(13)15(4,5)16(18,19)20/h6-7,10H,8-9H2,1-5H3. The van der Waals surface area contributed by atoms with E-state index in [1.54, 1.807) is 0 Å². The van der Waals surface area contributed by atoms with E-state index >= 15 is 0 Å². The number of ether oxygens (including phenoxy) is 1. The summed E-state index contributed by atoms with van der Waals surface area (Å²) in [5, 5.41) is 0. The average molecular weight is 306 g/mol. The van der Waals surface area contributed by atoms with Gasteiger partial charge in [0.2, 0.25) is 0 Å². The molecule has 0 N–H and O–H groups in total. The lowest BCUT2D eigenvalue weighted by Gasteiger charge is -2.30. The minimum atomic E-state index is -4.48. The third-order valence-electron chi connectivity index (χ3n) is 3.43. The fourth-order valence-corrected chi connectivity index (χ4v) is 1.74. The predicted molar refractivity (Wildman–Crippen MR) is 75.0 cm³/mol. The van der Waals surface area contributed by atoms with Gasteiger partial charge in [-0.3, -0.25) is 0 Å². The van der Waals surface area contributed by atoms with Crippen molar-refractivity contribution in [2.45, 2.75) is 52.6 Å². The van der Waals surface area contributed by atoms with E-state index < -0.39 is 17.4 Å². The number of alkyl halides is 3. The smallest absolute Gasteiger partial charge is 0.398 e. The van der Waals surface area contributed by atoms with Crippen LogP contribution < -0.4 is 4.74 Å². The Bertz CT molecular complexity index is 484. The molecule has 1 nitrogen and oxygen atoms in total. The van der Waals surface area contributed by atoms with Crippen molar-refractivity contribution < 1.29 is 22.3 Å². The highest BCUT2D eigenvalue weighted by molar-refractivity contribution is 5.40. The summed E-state index contributed by atoms with van der Waals surface area (Å²) < 4.78 is 58.3. The minimum Gasteiger partial charge on any atom is -0.493 e. The monoisotopic (exact) mass is 306 g/mol. The van der Waals surface area contributed by atoms with Crippen LogP contribution >= 0.6 is 0 Å². The maximum Gasteiger partial charge on any atom is 0.398 e. The van der Waals surface area contributed by atoms with E-state index in [1.807, 2.05) is 20.8 Å². The fourth-order valence-electron chi connectivity index (χ4n) is 1.74. The first-order chi connectivity index (χ1) is 9.34. The molecule has 0 saturated carbocycles. The van der Waals surface area contributed by atoms with Crippen molar-refractivity contribution in [3.63, 3.8) is 0 Å². The molecule has 1 rings (SSSR count). The van der Waals surface area contributed by atoms with E-state index in [0.717, 1.165) is 26.0 Å². The van der Waals surface area contributed by atoms with Crippen LogP contribution in [0.3, 0.4) is 0 Å². The van der Waals surface area contributed by atoms with Crippen molar-refractivity contribution in [3.05, 3.63) is 29.6 Å². The van der Waals surface area contributed by atoms with Gasteiger partial charge in [0, 0.05) is 5.56 Å². The predicted octanol–water partition coefficient (Wildman–Crippen LogP) is 5.48. The zero-order chi connectivity index (χ0) is 16.5. The van der Waals surface area contributed by atoms with Gasteiger partial charge < -0.3 is 4.74 Å². The molecule has 0 radical (unpaired) electrons. The molecule has 0 fully saturated rings. The van der Waals surface area contributed by atoms with E-state index in [-0.39, 0.29) is 23.3 Å². The molecular weight excluding hydrogens is 284 g/mol. The van der Waals surface area contributed by atoms with Gasteiger partial charge in [-0.25, -0.2) is 4.39 Å². The van der Waals surface area contributed by atoms with Gasteiger partial charge >= 0.3 is 6.18 Å². The Morgan fingerprint density at radius 3 is 2.05 bits per heavy atom. The Morgan fingerprint density at radius 1 is 1.00 bits per heavy atom. The van der Waals surface area contributed by atoms with Crippen molar-refractivity contribution in [1.82, 2.24) is 0 Å². The summed E-state index contributed by atoms with van der Waals surface area (Å²) in [5.74, 6) is -0.617. The Morgan fingerprint density at radius 2 is 1.57 bits per heavy atom. The number of halogens is 4. The van der Waals surface area contributed by atoms with Crippen molar-refractivity contribution in [2.75, 3.05) is 6.61 Å². The van der Waals surface area contributed by atoms with Gasteiger partial charge in [-0.15, -0.1) is 0 Å². The highest BCUT2D eigenvalue weighted by Crippen LogP contribution is 2.44. The van der Waals surface area contributed by atoms with Gasteiger partial charge in [0.1, 0.15) is 11.6 Å². The summed E-state index contributed by atoms with van der Waals surface area (Å²) >= 11 is 0. The third-order valence-corrected chi connectivity index (χ3v) is 3.43. The van der Waals surface area contributed by atoms with E-state index in [0.29, 0.717) is 6.42 Å². The van der Waals surface area contributed by atoms with E-state index in [9.17, 15) is 17.6 Å². The van der Waals surface area contributed by atoms with Crippen LogP contribution in [-0.4, -0.2) is 12.8 Å². The molecule has 0 aliphatic heterocycles. The second kappa shape index (κ2) is 5.85. The molecule has 5 heteroatoms. The van der Waals surface area contributed by atoms with Crippen molar-refractivity contribution in [1.29, 1.82) is 0 Å². The van der Waals surface area contributed by atoms with E-state index in [1.165, 1.54) is 6.07 Å². The molecule has 0 amide bonds. The lowest BCUT2D eigenvalue weighted by Crippen LogP contribution is -2.37. The molecule has 0 aliphatic rings.